The molecule has 0 atom stereocenters. The number of carbonyl (C=O) groups is 1. The first-order chi connectivity index (χ1) is 12.6. The summed E-state index contributed by atoms with van der Waals surface area (Å²) in [7, 11) is 0. The number of nitrogens with zero attached hydrogens (tertiary/aromatic N) is 2. The second-order valence-electron chi connectivity index (χ2n) is 5.94. The summed E-state index contributed by atoms with van der Waals surface area (Å²) in [6, 6.07) is 13.8. The number of aromatic amines is 1. The van der Waals surface area contributed by atoms with Crippen molar-refractivity contribution in [2.24, 2.45) is 11.5 Å². The SMILES string of the molecule is NCCc1nc2ccc(-c3cccc(-c4nc(C(N)=O)co4)c3)cc2[nH]1. The number of fused-ring (bicyclic) bond motifs is 1. The van der Waals surface area contributed by atoms with Crippen LogP contribution in [0.15, 0.2) is 53.1 Å². The smallest absolute Gasteiger partial charge is 0.270 e. The Morgan fingerprint density at radius 2 is 1.88 bits per heavy atom. The van der Waals surface area contributed by atoms with E-state index in [0.29, 0.717) is 18.9 Å². The maximum absolute atomic E-state index is 11.2. The molecule has 7 nitrogen and oxygen atoms in total. The zero-order valence-corrected chi connectivity index (χ0v) is 13.9. The second-order valence-corrected chi connectivity index (χ2v) is 5.94. The van der Waals surface area contributed by atoms with Gasteiger partial charge in [-0.15, -0.1) is 0 Å². The van der Waals surface area contributed by atoms with E-state index in [1.54, 1.807) is 0 Å². The lowest BCUT2D eigenvalue weighted by atomic mass is 10.0. The Labute approximate surface area is 149 Å². The number of rotatable bonds is 5. The third-order valence-corrected chi connectivity index (χ3v) is 4.11. The van der Waals surface area contributed by atoms with E-state index in [4.69, 9.17) is 15.9 Å². The molecule has 130 valence electrons. The highest BCUT2D eigenvalue weighted by atomic mass is 16.3. The number of aromatic nitrogens is 3. The van der Waals surface area contributed by atoms with Crippen molar-refractivity contribution >= 4 is 16.9 Å². The van der Waals surface area contributed by atoms with E-state index in [9.17, 15) is 4.79 Å². The Bertz CT molecular complexity index is 1100. The first kappa shape index (κ1) is 16.0. The molecule has 2 heterocycles. The largest absolute Gasteiger partial charge is 0.444 e. The van der Waals surface area contributed by atoms with Gasteiger partial charge in [-0.1, -0.05) is 18.2 Å². The van der Waals surface area contributed by atoms with E-state index < -0.39 is 5.91 Å². The van der Waals surface area contributed by atoms with E-state index >= 15 is 0 Å². The van der Waals surface area contributed by atoms with Crippen molar-refractivity contribution in [3.8, 4) is 22.6 Å². The Kier molecular flexibility index (Phi) is 3.98. The van der Waals surface area contributed by atoms with Crippen molar-refractivity contribution in [2.45, 2.75) is 6.42 Å². The molecule has 0 bridgehead atoms. The highest BCUT2D eigenvalue weighted by Gasteiger charge is 2.12. The van der Waals surface area contributed by atoms with Crippen molar-refractivity contribution < 1.29 is 9.21 Å². The van der Waals surface area contributed by atoms with E-state index in [1.165, 1.54) is 6.26 Å². The van der Waals surface area contributed by atoms with Crippen LogP contribution in [0.1, 0.15) is 16.3 Å². The zero-order valence-electron chi connectivity index (χ0n) is 13.9. The van der Waals surface area contributed by atoms with Gasteiger partial charge in [0.15, 0.2) is 5.69 Å². The van der Waals surface area contributed by atoms with Crippen molar-refractivity contribution in [2.75, 3.05) is 6.54 Å². The van der Waals surface area contributed by atoms with Gasteiger partial charge in [-0.25, -0.2) is 9.97 Å². The molecule has 7 heteroatoms. The van der Waals surface area contributed by atoms with Gasteiger partial charge < -0.3 is 20.9 Å². The second kappa shape index (κ2) is 6.45. The number of imidazole rings is 1. The van der Waals surface area contributed by atoms with Crippen LogP contribution < -0.4 is 11.5 Å². The molecule has 2 aromatic carbocycles. The van der Waals surface area contributed by atoms with Crippen LogP contribution in [0, 0.1) is 0 Å². The summed E-state index contributed by atoms with van der Waals surface area (Å²) in [5.74, 6) is 0.620. The molecule has 0 aliphatic rings. The van der Waals surface area contributed by atoms with Gasteiger partial charge in [0.1, 0.15) is 12.1 Å². The minimum absolute atomic E-state index is 0.108. The van der Waals surface area contributed by atoms with Crippen LogP contribution in [0.25, 0.3) is 33.6 Å². The number of amides is 1. The van der Waals surface area contributed by atoms with Crippen LogP contribution in [0.2, 0.25) is 0 Å². The number of hydrogen-bond donors (Lipinski definition) is 3. The normalized spacial score (nSPS) is 11.1. The first-order valence-electron chi connectivity index (χ1n) is 8.19. The van der Waals surface area contributed by atoms with Gasteiger partial charge >= 0.3 is 0 Å². The lowest BCUT2D eigenvalue weighted by Gasteiger charge is -2.03. The average molecular weight is 347 g/mol. The Morgan fingerprint density at radius 3 is 2.65 bits per heavy atom. The molecule has 0 saturated carbocycles. The van der Waals surface area contributed by atoms with Crippen molar-refractivity contribution in [1.82, 2.24) is 15.0 Å². The lowest BCUT2D eigenvalue weighted by molar-refractivity contribution is 0.0995. The third-order valence-electron chi connectivity index (χ3n) is 4.11. The van der Waals surface area contributed by atoms with Crippen molar-refractivity contribution in [1.29, 1.82) is 0 Å². The van der Waals surface area contributed by atoms with E-state index in [1.807, 2.05) is 42.5 Å². The number of primary amides is 1. The molecule has 0 unspecified atom stereocenters. The van der Waals surface area contributed by atoms with Gasteiger partial charge in [0.2, 0.25) is 5.89 Å². The number of carbonyl (C=O) groups excluding carboxylic acids is 1. The molecule has 4 rings (SSSR count). The molecule has 0 saturated heterocycles. The number of benzene rings is 2. The fourth-order valence-corrected chi connectivity index (χ4v) is 2.85. The quantitative estimate of drug-likeness (QED) is 0.511. The highest BCUT2D eigenvalue weighted by molar-refractivity contribution is 5.91. The average Bonchev–Trinajstić information content (AvgIpc) is 3.28. The molecule has 5 N–H and O–H groups in total. The lowest BCUT2D eigenvalue weighted by Crippen LogP contribution is -2.10. The summed E-state index contributed by atoms with van der Waals surface area (Å²) in [6.45, 7) is 0.554. The fraction of sp³-hybridized carbons (Fsp3) is 0.105. The molecule has 0 fully saturated rings. The standard InChI is InChI=1S/C19H17N5O2/c20-7-6-17-22-14-5-4-12(9-15(14)23-17)11-2-1-3-13(8-11)19-24-16(10-26-19)18(21)25/h1-5,8-10H,6-7,20H2,(H2,21,25)(H,22,23). The monoisotopic (exact) mass is 347 g/mol. The van der Waals surface area contributed by atoms with Crippen LogP contribution in [0.3, 0.4) is 0 Å². The molecule has 1 amide bonds. The minimum atomic E-state index is -0.617. The minimum Gasteiger partial charge on any atom is -0.444 e. The number of H-pyrrole nitrogens is 1. The van der Waals surface area contributed by atoms with Gasteiger partial charge in [-0.3, -0.25) is 4.79 Å². The predicted octanol–water partition coefficient (Wildman–Crippen LogP) is 2.48. The van der Waals surface area contributed by atoms with Gasteiger partial charge in [0.05, 0.1) is 11.0 Å². The summed E-state index contributed by atoms with van der Waals surface area (Å²) in [5.41, 5.74) is 15.6. The van der Waals surface area contributed by atoms with Gasteiger partial charge in [0, 0.05) is 12.0 Å². The zero-order chi connectivity index (χ0) is 18.1. The Morgan fingerprint density at radius 1 is 1.08 bits per heavy atom. The van der Waals surface area contributed by atoms with Gasteiger partial charge in [0.25, 0.3) is 5.91 Å². The van der Waals surface area contributed by atoms with Gasteiger partial charge in [-0.05, 0) is 41.9 Å². The third kappa shape index (κ3) is 2.96. The molecule has 26 heavy (non-hydrogen) atoms. The van der Waals surface area contributed by atoms with Crippen molar-refractivity contribution in [3.05, 3.63) is 60.2 Å². The molecular weight excluding hydrogens is 330 g/mol. The highest BCUT2D eigenvalue weighted by Crippen LogP contribution is 2.28. The molecule has 0 aliphatic carbocycles. The molecular formula is C19H17N5O2. The van der Waals surface area contributed by atoms with E-state index in [2.05, 4.69) is 15.0 Å². The molecule has 0 spiro atoms. The molecule has 0 aliphatic heterocycles. The van der Waals surface area contributed by atoms with E-state index in [0.717, 1.165) is 33.5 Å². The number of nitrogens with one attached hydrogen (secondary N) is 1. The van der Waals surface area contributed by atoms with Crippen molar-refractivity contribution in [3.63, 3.8) is 0 Å². The van der Waals surface area contributed by atoms with Crippen LogP contribution in [0.5, 0.6) is 0 Å². The maximum atomic E-state index is 11.2. The Hall–Kier alpha value is -3.45. The van der Waals surface area contributed by atoms with E-state index in [-0.39, 0.29) is 5.69 Å². The van der Waals surface area contributed by atoms with Crippen LogP contribution in [-0.4, -0.2) is 27.4 Å². The summed E-state index contributed by atoms with van der Waals surface area (Å²) in [6.07, 6.45) is 1.98. The number of hydrogen-bond acceptors (Lipinski definition) is 5. The van der Waals surface area contributed by atoms with Crippen LogP contribution in [0.4, 0.5) is 0 Å². The molecule has 4 aromatic rings. The first-order valence-corrected chi connectivity index (χ1v) is 8.19. The predicted molar refractivity (Wildman–Crippen MR) is 98.3 cm³/mol. The van der Waals surface area contributed by atoms with Crippen LogP contribution >= 0.6 is 0 Å². The summed E-state index contributed by atoms with van der Waals surface area (Å²) >= 11 is 0. The molecule has 0 radical (unpaired) electrons. The topological polar surface area (TPSA) is 124 Å². The molecule has 2 aromatic heterocycles. The van der Waals surface area contributed by atoms with Crippen LogP contribution in [-0.2, 0) is 6.42 Å². The van der Waals surface area contributed by atoms with Gasteiger partial charge in [-0.2, -0.15) is 0 Å². The Balaban J connectivity index is 1.71. The fourth-order valence-electron chi connectivity index (χ4n) is 2.85. The maximum Gasteiger partial charge on any atom is 0.270 e. The summed E-state index contributed by atoms with van der Waals surface area (Å²) in [4.78, 5) is 23.1. The number of nitrogens with two attached hydrogens (primary N) is 2. The number of oxazole rings is 1. The summed E-state index contributed by atoms with van der Waals surface area (Å²) < 4.78 is 5.36. The summed E-state index contributed by atoms with van der Waals surface area (Å²) in [5, 5.41) is 0.